The fourth-order valence-electron chi connectivity index (χ4n) is 1.15. The van der Waals surface area contributed by atoms with E-state index in [1.165, 1.54) is 4.90 Å². The third-order valence-electron chi connectivity index (χ3n) is 1.87. The Balaban J connectivity index is 2.69. The highest BCUT2D eigenvalue weighted by molar-refractivity contribution is 7.99. The van der Waals surface area contributed by atoms with E-state index in [1.54, 1.807) is 0 Å². The van der Waals surface area contributed by atoms with Crippen LogP contribution >= 0.6 is 11.8 Å². The normalized spacial score (nSPS) is 10.7. The molecule has 3 heteroatoms. The summed E-state index contributed by atoms with van der Waals surface area (Å²) in [5.41, 5.74) is 6.51. The molecule has 0 atom stereocenters. The lowest BCUT2D eigenvalue weighted by Gasteiger charge is -2.09. The van der Waals surface area contributed by atoms with Crippen molar-refractivity contribution in [3.8, 4) is 5.75 Å². The van der Waals surface area contributed by atoms with Crippen LogP contribution in [0.25, 0.3) is 0 Å². The van der Waals surface area contributed by atoms with Gasteiger partial charge in [0, 0.05) is 10.6 Å². The van der Waals surface area contributed by atoms with Gasteiger partial charge in [0.05, 0.1) is 12.3 Å². The summed E-state index contributed by atoms with van der Waals surface area (Å²) in [4.78, 5) is 1.22. The summed E-state index contributed by atoms with van der Waals surface area (Å²) in [5.74, 6) is 2.62. The molecule has 1 rings (SSSR count). The molecule has 2 N–H and O–H groups in total. The van der Waals surface area contributed by atoms with Crippen LogP contribution in [-0.2, 0) is 0 Å². The Bertz CT molecular complexity index is 312. The van der Waals surface area contributed by atoms with Gasteiger partial charge in [0.1, 0.15) is 5.75 Å². The lowest BCUT2D eigenvalue weighted by atomic mass is 10.3. The van der Waals surface area contributed by atoms with Crippen molar-refractivity contribution in [1.82, 2.24) is 0 Å². The van der Waals surface area contributed by atoms with E-state index >= 15 is 0 Å². The van der Waals surface area contributed by atoms with E-state index in [4.69, 9.17) is 10.5 Å². The predicted octanol–water partition coefficient (Wildman–Crippen LogP) is 3.42. The summed E-state index contributed by atoms with van der Waals surface area (Å²) < 4.78 is 5.45. The molecule has 1 aromatic rings. The van der Waals surface area contributed by atoms with E-state index in [9.17, 15) is 0 Å². The Morgan fingerprint density at radius 3 is 2.73 bits per heavy atom. The number of thioether (sulfide) groups is 1. The molecule has 0 saturated heterocycles. The standard InChI is InChI=1S/C12H19NOS/c1-4-14-12-7-10(5-6-11(12)13)15-8-9(2)3/h5-7,9H,4,8,13H2,1-3H3. The monoisotopic (exact) mass is 225 g/mol. The van der Waals surface area contributed by atoms with E-state index in [0.717, 1.165) is 11.5 Å². The molecule has 15 heavy (non-hydrogen) atoms. The highest BCUT2D eigenvalue weighted by Gasteiger charge is 2.03. The number of nitrogen functional groups attached to an aromatic ring is 1. The minimum absolute atomic E-state index is 0.655. The van der Waals surface area contributed by atoms with Crippen LogP contribution in [0.3, 0.4) is 0 Å². The topological polar surface area (TPSA) is 35.2 Å². The summed E-state index contributed by atoms with van der Waals surface area (Å²) in [7, 11) is 0. The molecular formula is C12H19NOS. The van der Waals surface area contributed by atoms with Crippen molar-refractivity contribution in [2.75, 3.05) is 18.1 Å². The summed E-state index contributed by atoms with van der Waals surface area (Å²) in [6, 6.07) is 5.98. The number of rotatable bonds is 5. The van der Waals surface area contributed by atoms with Gasteiger partial charge in [0.2, 0.25) is 0 Å². The fourth-order valence-corrected chi connectivity index (χ4v) is 2.03. The number of nitrogens with two attached hydrogens (primary N) is 1. The van der Waals surface area contributed by atoms with Gasteiger partial charge in [0.15, 0.2) is 0 Å². The number of anilines is 1. The first kappa shape index (κ1) is 12.2. The van der Waals surface area contributed by atoms with Gasteiger partial charge in [-0.2, -0.15) is 0 Å². The van der Waals surface area contributed by atoms with Gasteiger partial charge in [-0.3, -0.25) is 0 Å². The van der Waals surface area contributed by atoms with Gasteiger partial charge >= 0.3 is 0 Å². The fraction of sp³-hybridized carbons (Fsp3) is 0.500. The maximum atomic E-state index is 5.80. The van der Waals surface area contributed by atoms with Crippen molar-refractivity contribution in [3.63, 3.8) is 0 Å². The summed E-state index contributed by atoms with van der Waals surface area (Å²) in [5, 5.41) is 0. The molecule has 0 radical (unpaired) electrons. The van der Waals surface area contributed by atoms with Crippen LogP contribution in [0.15, 0.2) is 23.1 Å². The van der Waals surface area contributed by atoms with Crippen LogP contribution in [-0.4, -0.2) is 12.4 Å². The van der Waals surface area contributed by atoms with Crippen molar-refractivity contribution in [3.05, 3.63) is 18.2 Å². The van der Waals surface area contributed by atoms with Crippen LogP contribution in [0.4, 0.5) is 5.69 Å². The van der Waals surface area contributed by atoms with Gasteiger partial charge in [-0.05, 0) is 31.0 Å². The first-order valence-electron chi connectivity index (χ1n) is 5.28. The Morgan fingerprint density at radius 2 is 2.13 bits per heavy atom. The maximum Gasteiger partial charge on any atom is 0.143 e. The van der Waals surface area contributed by atoms with Gasteiger partial charge in [-0.25, -0.2) is 0 Å². The lowest BCUT2D eigenvalue weighted by molar-refractivity contribution is 0.341. The van der Waals surface area contributed by atoms with E-state index in [0.29, 0.717) is 18.2 Å². The molecule has 2 nitrogen and oxygen atoms in total. The highest BCUT2D eigenvalue weighted by atomic mass is 32.2. The second kappa shape index (κ2) is 5.91. The predicted molar refractivity (Wildman–Crippen MR) is 67.6 cm³/mol. The van der Waals surface area contributed by atoms with E-state index in [1.807, 2.05) is 36.9 Å². The minimum Gasteiger partial charge on any atom is -0.492 e. The minimum atomic E-state index is 0.655. The SMILES string of the molecule is CCOc1cc(SCC(C)C)ccc1N. The molecule has 1 aromatic carbocycles. The molecule has 0 aliphatic carbocycles. The Morgan fingerprint density at radius 1 is 1.40 bits per heavy atom. The Labute approximate surface area is 96.2 Å². The average Bonchev–Trinajstić information content (AvgIpc) is 2.19. The third-order valence-corrected chi connectivity index (χ3v) is 3.29. The van der Waals surface area contributed by atoms with Crippen molar-refractivity contribution in [2.45, 2.75) is 25.7 Å². The largest absolute Gasteiger partial charge is 0.492 e. The number of ether oxygens (including phenoxy) is 1. The molecule has 0 aromatic heterocycles. The molecule has 0 aliphatic heterocycles. The van der Waals surface area contributed by atoms with Crippen LogP contribution in [0.2, 0.25) is 0 Å². The second-order valence-corrected chi connectivity index (χ2v) is 4.93. The first-order valence-corrected chi connectivity index (χ1v) is 6.27. The van der Waals surface area contributed by atoms with Crippen molar-refractivity contribution in [2.24, 2.45) is 5.92 Å². The van der Waals surface area contributed by atoms with Crippen LogP contribution in [0, 0.1) is 5.92 Å². The Hall–Kier alpha value is -0.830. The molecule has 0 aliphatic rings. The van der Waals surface area contributed by atoms with Crippen molar-refractivity contribution in [1.29, 1.82) is 0 Å². The van der Waals surface area contributed by atoms with Crippen molar-refractivity contribution >= 4 is 17.4 Å². The molecular weight excluding hydrogens is 206 g/mol. The molecule has 0 unspecified atom stereocenters. The summed E-state index contributed by atoms with van der Waals surface area (Å²) in [6.45, 7) is 7.05. The number of hydrogen-bond acceptors (Lipinski definition) is 3. The van der Waals surface area contributed by atoms with E-state index in [2.05, 4.69) is 13.8 Å². The van der Waals surface area contributed by atoms with E-state index in [-0.39, 0.29) is 0 Å². The van der Waals surface area contributed by atoms with Gasteiger partial charge in [-0.15, -0.1) is 11.8 Å². The van der Waals surface area contributed by atoms with Gasteiger partial charge in [-0.1, -0.05) is 13.8 Å². The third kappa shape index (κ3) is 4.04. The molecule has 84 valence electrons. The number of benzene rings is 1. The molecule has 0 spiro atoms. The summed E-state index contributed by atoms with van der Waals surface area (Å²) in [6.07, 6.45) is 0. The molecule has 0 fully saturated rings. The average molecular weight is 225 g/mol. The van der Waals surface area contributed by atoms with Crippen molar-refractivity contribution < 1.29 is 4.74 Å². The summed E-state index contributed by atoms with van der Waals surface area (Å²) >= 11 is 1.84. The van der Waals surface area contributed by atoms with Crippen LogP contribution in [0.5, 0.6) is 5.75 Å². The number of hydrogen-bond donors (Lipinski definition) is 1. The Kier molecular flexibility index (Phi) is 4.82. The zero-order valence-electron chi connectivity index (χ0n) is 9.62. The smallest absolute Gasteiger partial charge is 0.143 e. The van der Waals surface area contributed by atoms with Crippen LogP contribution < -0.4 is 10.5 Å². The first-order chi connectivity index (χ1) is 7.13. The van der Waals surface area contributed by atoms with E-state index < -0.39 is 0 Å². The van der Waals surface area contributed by atoms with Crippen LogP contribution in [0.1, 0.15) is 20.8 Å². The lowest BCUT2D eigenvalue weighted by Crippen LogP contribution is -1.97. The molecule has 0 heterocycles. The molecule has 0 saturated carbocycles. The molecule has 0 amide bonds. The van der Waals surface area contributed by atoms with Gasteiger partial charge < -0.3 is 10.5 Å². The second-order valence-electron chi connectivity index (χ2n) is 3.84. The zero-order chi connectivity index (χ0) is 11.3. The molecule has 0 bridgehead atoms. The quantitative estimate of drug-likeness (QED) is 0.616. The highest BCUT2D eigenvalue weighted by Crippen LogP contribution is 2.29. The maximum absolute atomic E-state index is 5.80. The zero-order valence-corrected chi connectivity index (χ0v) is 10.4. The van der Waals surface area contributed by atoms with Gasteiger partial charge in [0.25, 0.3) is 0 Å².